The molecule has 0 aliphatic heterocycles. The van der Waals surface area contributed by atoms with Crippen LogP contribution in [-0.4, -0.2) is 114 Å². The number of hydrogen-bond acceptors (Lipinski definition) is 16. The molecule has 2 atom stereocenters. The van der Waals surface area contributed by atoms with E-state index in [2.05, 4.69) is 20.6 Å². The molecular weight excluding hydrogens is 701 g/mol. The van der Waals surface area contributed by atoms with Crippen molar-refractivity contribution in [1.82, 2.24) is 10.6 Å². The van der Waals surface area contributed by atoms with Crippen LogP contribution >= 0.6 is 94.1 Å². The van der Waals surface area contributed by atoms with Gasteiger partial charge in [-0.3, -0.25) is 28.0 Å². The molecule has 228 valence electrons. The molecular formula is C19H36N4O6S10. The first-order valence-electron chi connectivity index (χ1n) is 11.2. The Morgan fingerprint density at radius 2 is 1.26 bits per heavy atom. The highest BCUT2D eigenvalue weighted by Gasteiger charge is 2.03. The van der Waals surface area contributed by atoms with Crippen LogP contribution in [0.2, 0.25) is 0 Å². The van der Waals surface area contributed by atoms with Gasteiger partial charge in [0.1, 0.15) is 0 Å². The molecule has 20 heteroatoms. The fourth-order valence-electron chi connectivity index (χ4n) is 1.75. The highest BCUT2D eigenvalue weighted by Crippen LogP contribution is 2.19. The Morgan fingerprint density at radius 1 is 0.692 bits per heavy atom. The zero-order chi connectivity index (χ0) is 28.8. The van der Waals surface area contributed by atoms with Crippen molar-refractivity contribution >= 4 is 137 Å². The Bertz CT molecular complexity index is 739. The van der Waals surface area contributed by atoms with E-state index in [1.807, 2.05) is 0 Å². The second kappa shape index (κ2) is 32.2. The van der Waals surface area contributed by atoms with Crippen LogP contribution in [0.4, 0.5) is 9.59 Å². The normalized spacial score (nSPS) is 13.2. The third kappa shape index (κ3) is 32.1. The number of aliphatic imine (C=N–C) groups is 2. The SMILES string of the molecule is O=C(NCSCSCN=CS(=O)CSCSCSC(=O)NCSCSCN=CS(=O)CCCO)SCCCO. The summed E-state index contributed by atoms with van der Waals surface area (Å²) in [5.74, 6) is 3.10. The summed E-state index contributed by atoms with van der Waals surface area (Å²) in [6.45, 7) is 0.125. The Kier molecular flexibility index (Phi) is 33.3. The highest BCUT2D eigenvalue weighted by atomic mass is 32.3. The van der Waals surface area contributed by atoms with Crippen molar-refractivity contribution in [2.75, 3.05) is 73.7 Å². The number of rotatable bonds is 26. The minimum absolute atomic E-state index is 0.0332. The Labute approximate surface area is 270 Å². The standard InChI is InChI=1S/C19H36N4O6S10/c24-3-1-5-36-18(26)22-9-32-14-31-8-21-12-39(29)17-35-15-34-16-37-19(27)23-10-33-13-30-7-20-11-38(28)6-2-4-25/h11-12,24-25H,1-10,13-17H2,(H,22,26)(H,23,27). The van der Waals surface area contributed by atoms with Gasteiger partial charge in [-0.05, 0) is 12.8 Å². The molecule has 0 aromatic rings. The third-order valence-corrected chi connectivity index (χ3v) is 14.2. The van der Waals surface area contributed by atoms with Crippen LogP contribution in [0.5, 0.6) is 0 Å². The van der Waals surface area contributed by atoms with E-state index in [0.29, 0.717) is 58.0 Å². The van der Waals surface area contributed by atoms with Crippen LogP contribution in [0.1, 0.15) is 12.8 Å². The van der Waals surface area contributed by atoms with Gasteiger partial charge in [-0.15, -0.1) is 70.6 Å². The zero-order valence-electron chi connectivity index (χ0n) is 21.3. The van der Waals surface area contributed by atoms with E-state index in [9.17, 15) is 18.0 Å². The third-order valence-electron chi connectivity index (χ3n) is 3.37. The Hall–Kier alpha value is 1.30. The first-order chi connectivity index (χ1) is 19.0. The molecule has 0 bridgehead atoms. The predicted octanol–water partition coefficient (Wildman–Crippen LogP) is 4.21. The van der Waals surface area contributed by atoms with Gasteiger partial charge < -0.3 is 20.8 Å². The van der Waals surface area contributed by atoms with Crippen LogP contribution in [0, 0.1) is 0 Å². The Morgan fingerprint density at radius 3 is 1.87 bits per heavy atom. The second-order valence-corrected chi connectivity index (χ2v) is 18.8. The molecule has 0 spiro atoms. The van der Waals surface area contributed by atoms with E-state index in [4.69, 9.17) is 10.2 Å². The Balaban J connectivity index is 3.48. The minimum atomic E-state index is -1.13. The van der Waals surface area contributed by atoms with Gasteiger partial charge in [-0.25, -0.2) is 0 Å². The van der Waals surface area contributed by atoms with Crippen LogP contribution in [0.15, 0.2) is 9.98 Å². The molecule has 0 aliphatic rings. The molecule has 39 heavy (non-hydrogen) atoms. The van der Waals surface area contributed by atoms with E-state index in [-0.39, 0.29) is 23.7 Å². The molecule has 0 aliphatic carbocycles. The van der Waals surface area contributed by atoms with E-state index in [1.54, 1.807) is 70.6 Å². The maximum Gasteiger partial charge on any atom is 0.280 e. The van der Waals surface area contributed by atoms with Gasteiger partial charge in [0.05, 0.1) is 61.3 Å². The summed E-state index contributed by atoms with van der Waals surface area (Å²) in [4.78, 5) is 31.5. The molecule has 4 N–H and O–H groups in total. The van der Waals surface area contributed by atoms with Crippen molar-refractivity contribution in [2.45, 2.75) is 12.8 Å². The number of nitrogens with one attached hydrogen (secondary N) is 2. The summed E-state index contributed by atoms with van der Waals surface area (Å²) in [6, 6.07) is 0. The summed E-state index contributed by atoms with van der Waals surface area (Å²) < 4.78 is 23.4. The topological polar surface area (TPSA) is 158 Å². The smallest absolute Gasteiger partial charge is 0.280 e. The number of carbonyl (C=O) groups excluding carboxylic acids is 2. The number of thioether (sulfide) groups is 8. The number of amides is 2. The van der Waals surface area contributed by atoms with E-state index < -0.39 is 21.6 Å². The lowest BCUT2D eigenvalue weighted by Gasteiger charge is -2.04. The summed E-state index contributed by atoms with van der Waals surface area (Å²) in [7, 11) is -2.25. The minimum Gasteiger partial charge on any atom is -0.396 e. The van der Waals surface area contributed by atoms with Crippen LogP contribution < -0.4 is 10.6 Å². The quantitative estimate of drug-likeness (QED) is 0.0433. The average molecular weight is 737 g/mol. The highest BCUT2D eigenvalue weighted by molar-refractivity contribution is 8.28. The van der Waals surface area contributed by atoms with E-state index in [0.717, 1.165) is 15.3 Å². The maximum atomic E-state index is 11.9. The van der Waals surface area contributed by atoms with Crippen molar-refractivity contribution in [3.63, 3.8) is 0 Å². The lowest BCUT2D eigenvalue weighted by Crippen LogP contribution is -2.18. The summed E-state index contributed by atoms with van der Waals surface area (Å²) >= 11 is 11.8. The molecule has 0 radical (unpaired) electrons. The zero-order valence-corrected chi connectivity index (χ0v) is 29.4. The molecule has 2 amide bonds. The van der Waals surface area contributed by atoms with Gasteiger partial charge >= 0.3 is 0 Å². The van der Waals surface area contributed by atoms with Gasteiger partial charge in [0.25, 0.3) is 10.5 Å². The number of carbonyl (C=O) groups is 2. The van der Waals surface area contributed by atoms with E-state index >= 15 is 0 Å². The molecule has 0 aromatic heterocycles. The summed E-state index contributed by atoms with van der Waals surface area (Å²) in [5, 5.41) is 26.2. The molecule has 0 heterocycles. The predicted molar refractivity (Wildman–Crippen MR) is 188 cm³/mol. The number of nitrogens with zero attached hydrogens (tertiary/aromatic N) is 2. The molecule has 0 saturated heterocycles. The lowest BCUT2D eigenvalue weighted by molar-refractivity contribution is 0.261. The second-order valence-electron chi connectivity index (χ2n) is 6.48. The first kappa shape index (κ1) is 40.3. The largest absolute Gasteiger partial charge is 0.396 e. The monoisotopic (exact) mass is 736 g/mol. The average Bonchev–Trinajstić information content (AvgIpc) is 2.92. The van der Waals surface area contributed by atoms with Gasteiger partial charge in [0, 0.05) is 45.1 Å². The van der Waals surface area contributed by atoms with Crippen molar-refractivity contribution in [3.8, 4) is 0 Å². The van der Waals surface area contributed by atoms with Gasteiger partial charge in [-0.2, -0.15) is 0 Å². The van der Waals surface area contributed by atoms with Crippen molar-refractivity contribution in [2.24, 2.45) is 9.98 Å². The van der Waals surface area contributed by atoms with Crippen molar-refractivity contribution in [3.05, 3.63) is 0 Å². The van der Waals surface area contributed by atoms with Crippen molar-refractivity contribution in [1.29, 1.82) is 0 Å². The fraction of sp³-hybridized carbons (Fsp3) is 0.789. The number of aliphatic hydroxyl groups excluding tert-OH is 2. The van der Waals surface area contributed by atoms with Crippen LogP contribution in [0.25, 0.3) is 0 Å². The summed E-state index contributed by atoms with van der Waals surface area (Å²) in [5.41, 5.74) is 2.89. The molecule has 2 unspecified atom stereocenters. The van der Waals surface area contributed by atoms with Gasteiger partial charge in [0.2, 0.25) is 0 Å². The van der Waals surface area contributed by atoms with Crippen LogP contribution in [-0.2, 0) is 21.6 Å². The molecule has 0 saturated carbocycles. The molecule has 0 fully saturated rings. The molecule has 10 nitrogen and oxygen atoms in total. The van der Waals surface area contributed by atoms with Crippen molar-refractivity contribution < 1.29 is 28.2 Å². The van der Waals surface area contributed by atoms with E-state index in [1.165, 1.54) is 34.6 Å². The first-order valence-corrected chi connectivity index (χ1v) is 22.9. The maximum absolute atomic E-state index is 11.9. The summed E-state index contributed by atoms with van der Waals surface area (Å²) in [6.07, 6.45) is 1.11. The van der Waals surface area contributed by atoms with Gasteiger partial charge in [-0.1, -0.05) is 23.5 Å². The fourth-order valence-corrected chi connectivity index (χ4v) is 10.9. The lowest BCUT2D eigenvalue weighted by atomic mass is 10.5. The molecule has 0 aromatic carbocycles. The van der Waals surface area contributed by atoms with Crippen LogP contribution in [0.3, 0.4) is 0 Å². The number of hydrogen-bond donors (Lipinski definition) is 4. The number of aliphatic hydroxyl groups is 2. The molecule has 0 rings (SSSR count). The van der Waals surface area contributed by atoms with Gasteiger partial charge in [0.15, 0.2) is 0 Å².